The third kappa shape index (κ3) is 4.02. The van der Waals surface area contributed by atoms with Gasteiger partial charge >= 0.3 is 0 Å². The number of hydrogen-bond donors (Lipinski definition) is 1. The molecule has 8 nitrogen and oxygen atoms in total. The number of amides is 3. The number of rotatable bonds is 4. The Morgan fingerprint density at radius 2 is 1.62 bits per heavy atom. The predicted octanol–water partition coefficient (Wildman–Crippen LogP) is 0.922. The van der Waals surface area contributed by atoms with Gasteiger partial charge in [-0.05, 0) is 36.1 Å². The molecule has 1 aromatic carbocycles. The molecule has 2 aliphatic heterocycles. The van der Waals surface area contributed by atoms with Gasteiger partial charge < -0.3 is 19.5 Å². The summed E-state index contributed by atoms with van der Waals surface area (Å²) in [4.78, 5) is 44.0. The fraction of sp³-hybridized carbons (Fsp3) is 0.458. The van der Waals surface area contributed by atoms with Crippen LogP contribution in [0.5, 0.6) is 0 Å². The average molecular weight is 437 g/mol. The van der Waals surface area contributed by atoms with Crippen molar-refractivity contribution in [1.82, 2.24) is 20.0 Å². The van der Waals surface area contributed by atoms with Gasteiger partial charge in [0, 0.05) is 45.3 Å². The Hall–Kier alpha value is -3.13. The summed E-state index contributed by atoms with van der Waals surface area (Å²) >= 11 is 0. The first-order valence-corrected chi connectivity index (χ1v) is 11.3. The topological polar surface area (TPSA) is 86.1 Å². The number of fused-ring (bicyclic) bond motifs is 1. The van der Waals surface area contributed by atoms with E-state index in [0.717, 1.165) is 19.4 Å². The molecule has 0 radical (unpaired) electrons. The number of piperazine rings is 2. The van der Waals surface area contributed by atoms with Gasteiger partial charge in [-0.25, -0.2) is 0 Å². The van der Waals surface area contributed by atoms with E-state index < -0.39 is 6.04 Å². The number of nitrogens with zero attached hydrogens (tertiary/aromatic N) is 3. The molecule has 0 unspecified atom stereocenters. The van der Waals surface area contributed by atoms with E-state index in [4.69, 9.17) is 4.42 Å². The standard InChI is InChI=1S/C24H28N4O4/c29-22(26-9-11-27(12-10-26)24(31)21-6-3-13-32-21)16-20-23(30)25-7-8-28(20)19-14-17-4-1-2-5-18(17)15-19/h1-6,13,19-20H,7-12,14-16H2,(H,25,30)/t20-/m0/s1. The lowest BCUT2D eigenvalue weighted by Crippen LogP contribution is -2.60. The summed E-state index contributed by atoms with van der Waals surface area (Å²) in [6.07, 6.45) is 3.49. The normalized spacial score (nSPS) is 22.0. The van der Waals surface area contributed by atoms with Crippen molar-refractivity contribution >= 4 is 17.7 Å². The van der Waals surface area contributed by atoms with Gasteiger partial charge in [-0.3, -0.25) is 19.3 Å². The van der Waals surface area contributed by atoms with Crippen molar-refractivity contribution in [3.05, 3.63) is 59.5 Å². The van der Waals surface area contributed by atoms with E-state index in [1.165, 1.54) is 17.4 Å². The minimum Gasteiger partial charge on any atom is -0.459 e. The maximum Gasteiger partial charge on any atom is 0.289 e. The summed E-state index contributed by atoms with van der Waals surface area (Å²) in [6.45, 7) is 3.23. The molecule has 168 valence electrons. The number of benzene rings is 1. The number of carbonyl (C=O) groups is 3. The van der Waals surface area contributed by atoms with Gasteiger partial charge in [0.15, 0.2) is 5.76 Å². The third-order valence-corrected chi connectivity index (χ3v) is 6.89. The second kappa shape index (κ2) is 8.78. The summed E-state index contributed by atoms with van der Waals surface area (Å²) in [5.41, 5.74) is 2.68. The van der Waals surface area contributed by atoms with E-state index in [0.29, 0.717) is 38.5 Å². The molecule has 8 heteroatoms. The molecule has 3 aliphatic rings. The summed E-state index contributed by atoms with van der Waals surface area (Å²) < 4.78 is 5.20. The van der Waals surface area contributed by atoms with E-state index >= 15 is 0 Å². The summed E-state index contributed by atoms with van der Waals surface area (Å²) in [7, 11) is 0. The predicted molar refractivity (Wildman–Crippen MR) is 117 cm³/mol. The Morgan fingerprint density at radius 1 is 0.938 bits per heavy atom. The van der Waals surface area contributed by atoms with Crippen LogP contribution >= 0.6 is 0 Å². The number of furan rings is 1. The van der Waals surface area contributed by atoms with Gasteiger partial charge in [0.05, 0.1) is 18.7 Å². The van der Waals surface area contributed by atoms with Crippen LogP contribution in [0.3, 0.4) is 0 Å². The van der Waals surface area contributed by atoms with Crippen molar-refractivity contribution in [2.45, 2.75) is 31.3 Å². The third-order valence-electron chi connectivity index (χ3n) is 6.89. The molecule has 1 N–H and O–H groups in total. The van der Waals surface area contributed by atoms with E-state index in [9.17, 15) is 14.4 Å². The first kappa shape index (κ1) is 20.8. The lowest BCUT2D eigenvalue weighted by molar-refractivity contribution is -0.140. The van der Waals surface area contributed by atoms with Crippen LogP contribution in [-0.2, 0) is 22.4 Å². The summed E-state index contributed by atoms with van der Waals surface area (Å²) in [6, 6.07) is 11.6. The molecule has 0 bridgehead atoms. The molecule has 2 aromatic rings. The zero-order chi connectivity index (χ0) is 22.1. The quantitative estimate of drug-likeness (QED) is 0.771. The SMILES string of the molecule is O=C1NCCN(C2Cc3ccccc3C2)[C@H]1CC(=O)N1CCN(C(=O)c2ccco2)CC1. The number of hydrogen-bond acceptors (Lipinski definition) is 5. The fourth-order valence-electron chi connectivity index (χ4n) is 5.16. The van der Waals surface area contributed by atoms with Gasteiger partial charge in [-0.2, -0.15) is 0 Å². The highest BCUT2D eigenvalue weighted by Crippen LogP contribution is 2.28. The first-order valence-electron chi connectivity index (χ1n) is 11.3. The van der Waals surface area contributed by atoms with Crippen LogP contribution in [0.1, 0.15) is 28.1 Å². The summed E-state index contributed by atoms with van der Waals surface area (Å²) in [5.74, 6) is 0.0717. The highest BCUT2D eigenvalue weighted by atomic mass is 16.3. The Balaban J connectivity index is 1.20. The van der Waals surface area contributed by atoms with Crippen LogP contribution in [0, 0.1) is 0 Å². The van der Waals surface area contributed by atoms with Gasteiger partial charge in [-0.1, -0.05) is 24.3 Å². The van der Waals surface area contributed by atoms with Crippen molar-refractivity contribution in [2.75, 3.05) is 39.3 Å². The van der Waals surface area contributed by atoms with Gasteiger partial charge in [0.1, 0.15) is 0 Å². The van der Waals surface area contributed by atoms with E-state index in [-0.39, 0.29) is 30.2 Å². The molecule has 2 fully saturated rings. The van der Waals surface area contributed by atoms with Crippen molar-refractivity contribution < 1.29 is 18.8 Å². The van der Waals surface area contributed by atoms with Gasteiger partial charge in [-0.15, -0.1) is 0 Å². The molecule has 0 saturated carbocycles. The molecule has 1 aromatic heterocycles. The lowest BCUT2D eigenvalue weighted by Gasteiger charge is -2.40. The highest BCUT2D eigenvalue weighted by Gasteiger charge is 2.39. The maximum absolute atomic E-state index is 13.1. The average Bonchev–Trinajstić information content (AvgIpc) is 3.50. The second-order valence-corrected chi connectivity index (χ2v) is 8.73. The molecule has 5 rings (SSSR count). The molecule has 32 heavy (non-hydrogen) atoms. The van der Waals surface area contributed by atoms with Crippen molar-refractivity contribution in [3.63, 3.8) is 0 Å². The molecule has 1 atom stereocenters. The minimum atomic E-state index is -0.446. The lowest BCUT2D eigenvalue weighted by atomic mass is 10.0. The molecular formula is C24H28N4O4. The van der Waals surface area contributed by atoms with Gasteiger partial charge in [0.25, 0.3) is 5.91 Å². The van der Waals surface area contributed by atoms with E-state index in [1.54, 1.807) is 21.9 Å². The minimum absolute atomic E-state index is 0.0299. The Kier molecular flexibility index (Phi) is 5.70. The van der Waals surface area contributed by atoms with Gasteiger partial charge in [0.2, 0.25) is 11.8 Å². The molecule has 2 saturated heterocycles. The van der Waals surface area contributed by atoms with E-state index in [1.807, 2.05) is 0 Å². The van der Waals surface area contributed by atoms with Crippen LogP contribution in [0.25, 0.3) is 0 Å². The largest absolute Gasteiger partial charge is 0.459 e. The molecular weight excluding hydrogens is 408 g/mol. The summed E-state index contributed by atoms with van der Waals surface area (Å²) in [5, 5.41) is 2.94. The van der Waals surface area contributed by atoms with E-state index in [2.05, 4.69) is 34.5 Å². The number of nitrogens with one attached hydrogen (secondary N) is 1. The van der Waals surface area contributed by atoms with Crippen molar-refractivity contribution in [1.29, 1.82) is 0 Å². The monoisotopic (exact) mass is 436 g/mol. The molecule has 3 amide bonds. The van der Waals surface area contributed by atoms with Crippen LogP contribution < -0.4 is 5.32 Å². The Morgan fingerprint density at radius 3 is 2.28 bits per heavy atom. The highest BCUT2D eigenvalue weighted by molar-refractivity contribution is 5.92. The van der Waals surface area contributed by atoms with Crippen molar-refractivity contribution in [2.24, 2.45) is 0 Å². The van der Waals surface area contributed by atoms with Crippen LogP contribution in [0.15, 0.2) is 47.1 Å². The maximum atomic E-state index is 13.1. The molecule has 3 heterocycles. The zero-order valence-corrected chi connectivity index (χ0v) is 18.0. The van der Waals surface area contributed by atoms with Crippen LogP contribution in [-0.4, -0.2) is 83.8 Å². The van der Waals surface area contributed by atoms with Crippen LogP contribution in [0.4, 0.5) is 0 Å². The van der Waals surface area contributed by atoms with Crippen LogP contribution in [0.2, 0.25) is 0 Å². The zero-order valence-electron chi connectivity index (χ0n) is 18.0. The smallest absolute Gasteiger partial charge is 0.289 e. The fourth-order valence-corrected chi connectivity index (χ4v) is 5.16. The van der Waals surface area contributed by atoms with Crippen molar-refractivity contribution in [3.8, 4) is 0 Å². The molecule has 0 spiro atoms. The first-order chi connectivity index (χ1) is 15.6. The number of carbonyl (C=O) groups excluding carboxylic acids is 3. The molecule has 1 aliphatic carbocycles. The Bertz CT molecular complexity index is 972. The Labute approximate surface area is 187 Å². The second-order valence-electron chi connectivity index (χ2n) is 8.73.